The monoisotopic (exact) mass is 364 g/mol. The Labute approximate surface area is 161 Å². The molecule has 1 aliphatic heterocycles. The van der Waals surface area contributed by atoms with Gasteiger partial charge in [-0.15, -0.1) is 0 Å². The van der Waals surface area contributed by atoms with E-state index in [1.807, 2.05) is 12.1 Å². The van der Waals surface area contributed by atoms with Crippen LogP contribution in [0.5, 0.6) is 5.75 Å². The van der Waals surface area contributed by atoms with Crippen molar-refractivity contribution in [1.29, 1.82) is 0 Å². The number of benzene rings is 2. The van der Waals surface area contributed by atoms with E-state index in [0.717, 1.165) is 18.6 Å². The van der Waals surface area contributed by atoms with Crippen LogP contribution in [-0.2, 0) is 11.2 Å². The number of ether oxygens (including phenoxy) is 1. The Morgan fingerprint density at radius 3 is 2.59 bits per heavy atom. The molecule has 0 unspecified atom stereocenters. The molecule has 4 rings (SSSR count). The summed E-state index contributed by atoms with van der Waals surface area (Å²) in [6.45, 7) is 2.63. The Morgan fingerprint density at radius 1 is 1.15 bits per heavy atom. The highest BCUT2D eigenvalue weighted by Crippen LogP contribution is 2.41. The zero-order valence-electron chi connectivity index (χ0n) is 16.2. The molecule has 1 N–H and O–H groups in total. The molecular weight excluding hydrogens is 336 g/mol. The Balaban J connectivity index is 1.47. The predicted molar refractivity (Wildman–Crippen MR) is 108 cm³/mol. The number of methoxy groups -OCH3 is 1. The summed E-state index contributed by atoms with van der Waals surface area (Å²) in [6.07, 6.45) is 4.54. The number of carbonyl (C=O) groups excluding carboxylic acids is 1. The van der Waals surface area contributed by atoms with Crippen molar-refractivity contribution in [2.45, 2.75) is 44.7 Å². The van der Waals surface area contributed by atoms with Gasteiger partial charge in [0.2, 0.25) is 5.91 Å². The van der Waals surface area contributed by atoms with Gasteiger partial charge in [0.25, 0.3) is 0 Å². The van der Waals surface area contributed by atoms with Gasteiger partial charge in [0.1, 0.15) is 5.75 Å². The Bertz CT molecular complexity index is 798. The molecule has 1 heterocycles. The number of amides is 1. The number of nitrogens with one attached hydrogen (secondary N) is 1. The topological polar surface area (TPSA) is 41.6 Å². The van der Waals surface area contributed by atoms with Gasteiger partial charge < -0.3 is 15.0 Å². The van der Waals surface area contributed by atoms with E-state index >= 15 is 0 Å². The molecule has 2 atom stereocenters. The van der Waals surface area contributed by atoms with E-state index in [1.165, 1.54) is 29.7 Å². The van der Waals surface area contributed by atoms with Crippen molar-refractivity contribution in [3.8, 4) is 5.75 Å². The van der Waals surface area contributed by atoms with E-state index in [9.17, 15) is 4.79 Å². The van der Waals surface area contributed by atoms with Crippen LogP contribution in [0.1, 0.15) is 43.4 Å². The smallest absolute Gasteiger partial charge is 0.240 e. The number of anilines is 1. The van der Waals surface area contributed by atoms with E-state index in [2.05, 4.69) is 53.5 Å². The third-order valence-electron chi connectivity index (χ3n) is 5.86. The number of rotatable bonds is 6. The van der Waals surface area contributed by atoms with E-state index in [0.29, 0.717) is 18.5 Å². The summed E-state index contributed by atoms with van der Waals surface area (Å²) in [5, 5.41) is 3.31. The molecule has 1 saturated carbocycles. The molecule has 1 aliphatic carbocycles. The second-order valence-electron chi connectivity index (χ2n) is 7.80. The van der Waals surface area contributed by atoms with Crippen LogP contribution in [0.25, 0.3) is 0 Å². The highest BCUT2D eigenvalue weighted by Gasteiger charge is 2.34. The van der Waals surface area contributed by atoms with E-state index in [4.69, 9.17) is 4.74 Å². The SMILES string of the molecule is COc1ccc([C@@H](NC(=O)CN2c3ccccc3CC[C@@H]2C)C2CC2)cc1. The molecule has 142 valence electrons. The Morgan fingerprint density at radius 2 is 1.89 bits per heavy atom. The van der Waals surface area contributed by atoms with E-state index in [-0.39, 0.29) is 11.9 Å². The number of hydrogen-bond donors (Lipinski definition) is 1. The van der Waals surface area contributed by atoms with Gasteiger partial charge in [-0.25, -0.2) is 0 Å². The van der Waals surface area contributed by atoms with Crippen molar-refractivity contribution < 1.29 is 9.53 Å². The van der Waals surface area contributed by atoms with Crippen LogP contribution in [0.4, 0.5) is 5.69 Å². The minimum atomic E-state index is 0.0961. The molecule has 4 heteroatoms. The lowest BCUT2D eigenvalue weighted by Crippen LogP contribution is -2.45. The van der Waals surface area contributed by atoms with E-state index < -0.39 is 0 Å². The number of aryl methyl sites for hydroxylation is 1. The van der Waals surface area contributed by atoms with Gasteiger partial charge in [-0.1, -0.05) is 30.3 Å². The molecule has 0 radical (unpaired) electrons. The van der Waals surface area contributed by atoms with Crippen LogP contribution < -0.4 is 15.0 Å². The summed E-state index contributed by atoms with van der Waals surface area (Å²) in [5.74, 6) is 1.50. The maximum atomic E-state index is 12.9. The first-order chi connectivity index (χ1) is 13.2. The van der Waals surface area contributed by atoms with Crippen molar-refractivity contribution in [1.82, 2.24) is 5.32 Å². The van der Waals surface area contributed by atoms with Gasteiger partial charge in [-0.05, 0) is 67.9 Å². The quantitative estimate of drug-likeness (QED) is 0.839. The average Bonchev–Trinajstić information content (AvgIpc) is 3.54. The lowest BCUT2D eigenvalue weighted by Gasteiger charge is -2.37. The summed E-state index contributed by atoms with van der Waals surface area (Å²) < 4.78 is 5.26. The second-order valence-corrected chi connectivity index (χ2v) is 7.80. The summed E-state index contributed by atoms with van der Waals surface area (Å²) in [6, 6.07) is 17.0. The summed E-state index contributed by atoms with van der Waals surface area (Å²) >= 11 is 0. The lowest BCUT2D eigenvalue weighted by atomic mass is 9.96. The molecule has 4 nitrogen and oxygen atoms in total. The zero-order chi connectivity index (χ0) is 18.8. The molecule has 0 saturated heterocycles. The van der Waals surface area contributed by atoms with Gasteiger partial charge in [-0.2, -0.15) is 0 Å². The number of carbonyl (C=O) groups is 1. The van der Waals surface area contributed by atoms with Crippen LogP contribution in [0.15, 0.2) is 48.5 Å². The highest BCUT2D eigenvalue weighted by molar-refractivity contribution is 5.82. The van der Waals surface area contributed by atoms with Crippen LogP contribution in [0.3, 0.4) is 0 Å². The summed E-state index contributed by atoms with van der Waals surface area (Å²) in [7, 11) is 1.67. The molecular formula is C23H28N2O2. The Hall–Kier alpha value is -2.49. The first-order valence-electron chi connectivity index (χ1n) is 9.93. The average molecular weight is 364 g/mol. The molecule has 0 spiro atoms. The van der Waals surface area contributed by atoms with E-state index in [1.54, 1.807) is 7.11 Å². The zero-order valence-corrected chi connectivity index (χ0v) is 16.2. The number of fused-ring (bicyclic) bond motifs is 1. The predicted octanol–water partition coefficient (Wildman–Crippen LogP) is 4.10. The van der Waals surface area contributed by atoms with Crippen LogP contribution in [-0.4, -0.2) is 25.6 Å². The molecule has 2 aliphatic rings. The first kappa shape index (κ1) is 17.9. The second kappa shape index (κ2) is 7.63. The van der Waals surface area contributed by atoms with Gasteiger partial charge in [0.05, 0.1) is 19.7 Å². The molecule has 2 aromatic rings. The van der Waals surface area contributed by atoms with Crippen LogP contribution in [0, 0.1) is 5.92 Å². The van der Waals surface area contributed by atoms with Crippen LogP contribution in [0.2, 0.25) is 0 Å². The van der Waals surface area contributed by atoms with Crippen molar-refractivity contribution in [2.24, 2.45) is 5.92 Å². The van der Waals surface area contributed by atoms with Crippen molar-refractivity contribution >= 4 is 11.6 Å². The minimum Gasteiger partial charge on any atom is -0.497 e. The van der Waals surface area contributed by atoms with Gasteiger partial charge in [0.15, 0.2) is 0 Å². The van der Waals surface area contributed by atoms with Gasteiger partial charge >= 0.3 is 0 Å². The van der Waals surface area contributed by atoms with Gasteiger partial charge in [0, 0.05) is 11.7 Å². The fraction of sp³-hybridized carbons (Fsp3) is 0.435. The summed E-state index contributed by atoms with van der Waals surface area (Å²) in [5.41, 5.74) is 3.72. The molecule has 1 fully saturated rings. The largest absolute Gasteiger partial charge is 0.497 e. The number of nitrogens with zero attached hydrogens (tertiary/aromatic N) is 1. The molecule has 2 aromatic carbocycles. The fourth-order valence-corrected chi connectivity index (χ4v) is 4.09. The number of para-hydroxylation sites is 1. The van der Waals surface area contributed by atoms with Crippen molar-refractivity contribution in [3.63, 3.8) is 0 Å². The lowest BCUT2D eigenvalue weighted by molar-refractivity contribution is -0.120. The third-order valence-corrected chi connectivity index (χ3v) is 5.86. The number of hydrogen-bond acceptors (Lipinski definition) is 3. The van der Waals surface area contributed by atoms with Crippen molar-refractivity contribution in [3.05, 3.63) is 59.7 Å². The Kier molecular flexibility index (Phi) is 5.06. The summed E-state index contributed by atoms with van der Waals surface area (Å²) in [4.78, 5) is 15.2. The highest BCUT2D eigenvalue weighted by atomic mass is 16.5. The fourth-order valence-electron chi connectivity index (χ4n) is 4.09. The maximum Gasteiger partial charge on any atom is 0.240 e. The van der Waals surface area contributed by atoms with Crippen molar-refractivity contribution in [2.75, 3.05) is 18.6 Å². The van der Waals surface area contributed by atoms with Crippen LogP contribution >= 0.6 is 0 Å². The first-order valence-corrected chi connectivity index (χ1v) is 9.93. The molecule has 0 aromatic heterocycles. The molecule has 0 bridgehead atoms. The molecule has 27 heavy (non-hydrogen) atoms. The minimum absolute atomic E-state index is 0.0961. The standard InChI is InChI=1S/C23H28N2O2/c1-16-7-8-17-5-3-4-6-21(17)25(16)15-22(26)24-23(18-9-10-18)19-11-13-20(27-2)14-12-19/h3-6,11-14,16,18,23H,7-10,15H2,1-2H3,(H,24,26)/t16-,23-/m0/s1. The normalized spacial score (nSPS) is 19.9. The third kappa shape index (κ3) is 3.95. The maximum absolute atomic E-state index is 12.9. The molecule has 1 amide bonds. The van der Waals surface area contributed by atoms with Gasteiger partial charge in [-0.3, -0.25) is 4.79 Å².